The van der Waals surface area contributed by atoms with Gasteiger partial charge in [0.15, 0.2) is 0 Å². The van der Waals surface area contributed by atoms with Crippen molar-refractivity contribution < 1.29 is 9.53 Å². The second-order valence-corrected chi connectivity index (χ2v) is 4.81. The Labute approximate surface area is 118 Å². The van der Waals surface area contributed by atoms with Gasteiger partial charge in [0.1, 0.15) is 5.75 Å². The smallest absolute Gasteiger partial charge is 0.313 e. The van der Waals surface area contributed by atoms with Gasteiger partial charge in [0, 0.05) is 11.1 Å². The van der Waals surface area contributed by atoms with Crippen LogP contribution in [0.5, 0.6) is 5.75 Å². The molecule has 2 aromatic carbocycles. The minimum absolute atomic E-state index is 0.200. The average Bonchev–Trinajstić information content (AvgIpc) is 2.48. The van der Waals surface area contributed by atoms with E-state index in [-0.39, 0.29) is 11.9 Å². The number of nitrogens with one attached hydrogen (secondary N) is 1. The second kappa shape index (κ2) is 6.15. The largest absolute Gasteiger partial charge is 0.426 e. The van der Waals surface area contributed by atoms with E-state index in [9.17, 15) is 4.79 Å². The summed E-state index contributed by atoms with van der Waals surface area (Å²) >= 11 is 0. The number of carbonyl (C=O) groups is 1. The molecule has 0 bridgehead atoms. The minimum atomic E-state index is -0.293. The quantitative estimate of drug-likeness (QED) is 0.522. The molecule has 102 valence electrons. The van der Waals surface area contributed by atoms with E-state index in [1.54, 1.807) is 32.0 Å². The van der Waals surface area contributed by atoms with Crippen molar-refractivity contribution in [1.82, 2.24) is 0 Å². The predicted octanol–water partition coefficient (Wildman–Crippen LogP) is 3.66. The number of hydrogen-bond donors (Lipinski definition) is 1. The molecule has 0 aliphatic carbocycles. The van der Waals surface area contributed by atoms with Crippen LogP contribution in [0, 0.1) is 11.3 Å². The van der Waals surface area contributed by atoms with Crippen LogP contribution in [0.2, 0.25) is 0 Å². The lowest BCUT2D eigenvalue weighted by Crippen LogP contribution is -2.16. The molecule has 2 rings (SSSR count). The Kier molecular flexibility index (Phi) is 4.31. The molecule has 0 radical (unpaired) electrons. The van der Waals surface area contributed by atoms with E-state index < -0.39 is 0 Å². The first kappa shape index (κ1) is 14.0. The van der Waals surface area contributed by atoms with Crippen LogP contribution in [-0.4, -0.2) is 11.7 Å². The summed E-state index contributed by atoms with van der Waals surface area (Å²) in [7, 11) is 0. The first-order chi connectivity index (χ1) is 9.59. The Bertz CT molecular complexity index is 618. The fraction of sp³-hybridized carbons (Fsp3) is 0.176. The maximum absolute atomic E-state index is 11.7. The van der Waals surface area contributed by atoms with Crippen molar-refractivity contribution in [1.29, 1.82) is 5.41 Å². The number of rotatable bonds is 4. The Morgan fingerprint density at radius 2 is 1.60 bits per heavy atom. The van der Waals surface area contributed by atoms with Gasteiger partial charge in [0.05, 0.1) is 11.6 Å². The van der Waals surface area contributed by atoms with E-state index in [1.165, 1.54) is 0 Å². The van der Waals surface area contributed by atoms with Gasteiger partial charge in [-0.3, -0.25) is 10.2 Å². The highest BCUT2D eigenvalue weighted by molar-refractivity contribution is 6.12. The molecule has 0 spiro atoms. The zero-order valence-corrected chi connectivity index (χ0v) is 11.6. The van der Waals surface area contributed by atoms with E-state index in [0.29, 0.717) is 17.0 Å². The van der Waals surface area contributed by atoms with Crippen LogP contribution < -0.4 is 4.74 Å². The topological polar surface area (TPSA) is 50.2 Å². The summed E-state index contributed by atoms with van der Waals surface area (Å²) in [5.41, 5.74) is 1.76. The molecule has 0 saturated carbocycles. The van der Waals surface area contributed by atoms with Gasteiger partial charge in [-0.05, 0) is 12.1 Å². The number of benzene rings is 2. The highest BCUT2D eigenvalue weighted by atomic mass is 16.5. The monoisotopic (exact) mass is 267 g/mol. The number of carbonyl (C=O) groups excluding carboxylic acids is 1. The molecule has 3 nitrogen and oxygen atoms in total. The highest BCUT2D eigenvalue weighted by Crippen LogP contribution is 2.22. The summed E-state index contributed by atoms with van der Waals surface area (Å²) in [5, 5.41) is 8.27. The number of esters is 1. The summed E-state index contributed by atoms with van der Waals surface area (Å²) in [6.07, 6.45) is 0. The zero-order chi connectivity index (χ0) is 14.5. The third-order valence-electron chi connectivity index (χ3n) is 2.90. The fourth-order valence-electron chi connectivity index (χ4n) is 1.75. The van der Waals surface area contributed by atoms with Gasteiger partial charge in [-0.15, -0.1) is 0 Å². The number of ether oxygens (including phenoxy) is 1. The number of para-hydroxylation sites is 1. The van der Waals surface area contributed by atoms with Crippen molar-refractivity contribution in [3.8, 4) is 5.75 Å². The van der Waals surface area contributed by atoms with Crippen molar-refractivity contribution in [2.24, 2.45) is 5.92 Å². The maximum atomic E-state index is 11.7. The summed E-state index contributed by atoms with van der Waals surface area (Å²) in [5.74, 6) is -0.0627. The maximum Gasteiger partial charge on any atom is 0.313 e. The summed E-state index contributed by atoms with van der Waals surface area (Å²) < 4.78 is 5.37. The van der Waals surface area contributed by atoms with Crippen LogP contribution in [0.25, 0.3) is 0 Å². The molecule has 0 aliphatic rings. The van der Waals surface area contributed by atoms with Gasteiger partial charge >= 0.3 is 5.97 Å². The Balaban J connectivity index is 2.33. The lowest BCUT2D eigenvalue weighted by Gasteiger charge is -2.12. The van der Waals surface area contributed by atoms with Crippen LogP contribution in [-0.2, 0) is 4.79 Å². The Hall–Kier alpha value is -2.42. The molecule has 0 saturated heterocycles. The number of hydrogen-bond acceptors (Lipinski definition) is 3. The van der Waals surface area contributed by atoms with Crippen LogP contribution in [0.4, 0.5) is 0 Å². The SMILES string of the molecule is CC(C)C(=O)Oc1ccccc1C(=N)c1ccccc1. The van der Waals surface area contributed by atoms with E-state index in [1.807, 2.05) is 36.4 Å². The lowest BCUT2D eigenvalue weighted by atomic mass is 10.0. The molecule has 2 aromatic rings. The molecule has 0 unspecified atom stereocenters. The van der Waals surface area contributed by atoms with Crippen molar-refractivity contribution in [2.75, 3.05) is 0 Å². The van der Waals surface area contributed by atoms with Crippen LogP contribution in [0.1, 0.15) is 25.0 Å². The summed E-state index contributed by atoms with van der Waals surface area (Å²) in [6.45, 7) is 3.57. The van der Waals surface area contributed by atoms with Gasteiger partial charge in [-0.25, -0.2) is 0 Å². The molecule has 0 atom stereocenters. The van der Waals surface area contributed by atoms with E-state index >= 15 is 0 Å². The summed E-state index contributed by atoms with van der Waals surface area (Å²) in [6, 6.07) is 16.5. The van der Waals surface area contributed by atoms with Gasteiger partial charge in [0.2, 0.25) is 0 Å². The van der Waals surface area contributed by atoms with Crippen LogP contribution in [0.3, 0.4) is 0 Å². The van der Waals surface area contributed by atoms with Crippen molar-refractivity contribution >= 4 is 11.7 Å². The van der Waals surface area contributed by atoms with Crippen molar-refractivity contribution in [2.45, 2.75) is 13.8 Å². The second-order valence-electron chi connectivity index (χ2n) is 4.81. The molecule has 20 heavy (non-hydrogen) atoms. The first-order valence-electron chi connectivity index (χ1n) is 6.54. The van der Waals surface area contributed by atoms with Gasteiger partial charge in [-0.2, -0.15) is 0 Å². The molecule has 0 fully saturated rings. The van der Waals surface area contributed by atoms with E-state index in [4.69, 9.17) is 10.1 Å². The Morgan fingerprint density at radius 3 is 2.25 bits per heavy atom. The zero-order valence-electron chi connectivity index (χ0n) is 11.6. The molecule has 3 heteroatoms. The third kappa shape index (κ3) is 3.12. The minimum Gasteiger partial charge on any atom is -0.426 e. The van der Waals surface area contributed by atoms with Gasteiger partial charge in [0.25, 0.3) is 0 Å². The van der Waals surface area contributed by atoms with E-state index in [0.717, 1.165) is 5.56 Å². The molecule has 0 aliphatic heterocycles. The molecular weight excluding hydrogens is 250 g/mol. The molecular formula is C17H17NO2. The standard InChI is InChI=1S/C17H17NO2/c1-12(2)17(19)20-15-11-7-6-10-14(15)16(18)13-8-4-3-5-9-13/h3-12,18H,1-2H3. The lowest BCUT2D eigenvalue weighted by molar-refractivity contribution is -0.137. The first-order valence-corrected chi connectivity index (χ1v) is 6.54. The third-order valence-corrected chi connectivity index (χ3v) is 2.90. The van der Waals surface area contributed by atoms with Crippen molar-refractivity contribution in [3.63, 3.8) is 0 Å². The van der Waals surface area contributed by atoms with Crippen molar-refractivity contribution in [3.05, 3.63) is 65.7 Å². The van der Waals surface area contributed by atoms with Crippen LogP contribution in [0.15, 0.2) is 54.6 Å². The van der Waals surface area contributed by atoms with Gasteiger partial charge in [-0.1, -0.05) is 56.3 Å². The molecule has 0 amide bonds. The fourth-order valence-corrected chi connectivity index (χ4v) is 1.75. The Morgan fingerprint density at radius 1 is 1.00 bits per heavy atom. The highest BCUT2D eigenvalue weighted by Gasteiger charge is 2.15. The molecule has 0 heterocycles. The predicted molar refractivity (Wildman–Crippen MR) is 79.3 cm³/mol. The van der Waals surface area contributed by atoms with Gasteiger partial charge < -0.3 is 4.74 Å². The average molecular weight is 267 g/mol. The van der Waals surface area contributed by atoms with Crippen LogP contribution >= 0.6 is 0 Å². The molecule has 0 aromatic heterocycles. The summed E-state index contributed by atoms with van der Waals surface area (Å²) in [4.78, 5) is 11.7. The normalized spacial score (nSPS) is 10.3. The van der Waals surface area contributed by atoms with E-state index in [2.05, 4.69) is 0 Å². The molecule has 1 N–H and O–H groups in total.